The normalized spacial score (nSPS) is 14.9. The van der Waals surface area contributed by atoms with Gasteiger partial charge in [-0.3, -0.25) is 4.68 Å². The third-order valence-corrected chi connectivity index (χ3v) is 2.49. The molecule has 4 nitrogen and oxygen atoms in total. The van der Waals surface area contributed by atoms with Gasteiger partial charge >= 0.3 is 0 Å². The molecule has 0 aliphatic rings. The summed E-state index contributed by atoms with van der Waals surface area (Å²) in [6, 6.07) is 3.86. The van der Waals surface area contributed by atoms with E-state index < -0.39 is 6.10 Å². The van der Waals surface area contributed by atoms with E-state index in [1.54, 1.807) is 0 Å². The van der Waals surface area contributed by atoms with Gasteiger partial charge in [-0.1, -0.05) is 13.8 Å². The number of ether oxygens (including phenoxy) is 1. The number of aliphatic hydroxyl groups excluding tert-OH is 1. The lowest BCUT2D eigenvalue weighted by molar-refractivity contribution is -0.00517. The molecule has 0 bridgehead atoms. The lowest BCUT2D eigenvalue weighted by atomic mass is 10.1. The summed E-state index contributed by atoms with van der Waals surface area (Å²) < 4.78 is 7.41. The summed E-state index contributed by atoms with van der Waals surface area (Å²) in [5.41, 5.74) is 3.08. The van der Waals surface area contributed by atoms with Gasteiger partial charge in [-0.15, -0.1) is 0 Å². The Balaban J connectivity index is 2.10. The van der Waals surface area contributed by atoms with Crippen LogP contribution in [0.2, 0.25) is 0 Å². The lowest BCUT2D eigenvalue weighted by Gasteiger charge is -2.18. The maximum absolute atomic E-state index is 9.73. The predicted octanol–water partition coefficient (Wildman–Crippen LogP) is 1.84. The van der Waals surface area contributed by atoms with E-state index >= 15 is 0 Å². The Bertz CT molecular complexity index is 286. The van der Waals surface area contributed by atoms with Crippen LogP contribution in [-0.2, 0) is 4.74 Å². The summed E-state index contributed by atoms with van der Waals surface area (Å²) in [6.45, 7) is 7.26. The van der Waals surface area contributed by atoms with Crippen LogP contribution in [0.1, 0.15) is 27.2 Å². The fraction of sp³-hybridized carbons (Fsp3) is 0.692. The highest BCUT2D eigenvalue weighted by Crippen LogP contribution is 2.07. The van der Waals surface area contributed by atoms with Gasteiger partial charge < -0.3 is 15.3 Å². The summed E-state index contributed by atoms with van der Waals surface area (Å²) in [5.74, 6) is 0.625. The molecule has 0 radical (unpaired) electrons. The van der Waals surface area contributed by atoms with Crippen molar-refractivity contribution in [1.29, 1.82) is 0 Å². The Hall–Kier alpha value is -1.00. The summed E-state index contributed by atoms with van der Waals surface area (Å²) in [7, 11) is 0. The molecule has 0 amide bonds. The first-order chi connectivity index (χ1) is 8.08. The SMILES string of the molecule is CC(C)CC(C)OCC(O)CNn1cccc1. The van der Waals surface area contributed by atoms with E-state index in [4.69, 9.17) is 4.74 Å². The molecule has 0 saturated heterocycles. The van der Waals surface area contributed by atoms with Gasteiger partial charge in [-0.05, 0) is 31.4 Å². The third-order valence-electron chi connectivity index (χ3n) is 2.49. The van der Waals surface area contributed by atoms with Crippen molar-refractivity contribution in [2.24, 2.45) is 5.92 Å². The predicted molar refractivity (Wildman–Crippen MR) is 69.5 cm³/mol. The zero-order valence-electron chi connectivity index (χ0n) is 11.0. The fourth-order valence-corrected chi connectivity index (χ4v) is 1.72. The van der Waals surface area contributed by atoms with E-state index in [2.05, 4.69) is 19.3 Å². The van der Waals surface area contributed by atoms with E-state index in [1.807, 2.05) is 36.1 Å². The fourth-order valence-electron chi connectivity index (χ4n) is 1.72. The van der Waals surface area contributed by atoms with Gasteiger partial charge in [0.2, 0.25) is 0 Å². The van der Waals surface area contributed by atoms with Crippen molar-refractivity contribution in [2.75, 3.05) is 18.6 Å². The number of hydrogen-bond acceptors (Lipinski definition) is 3. The van der Waals surface area contributed by atoms with Crippen LogP contribution in [0.4, 0.5) is 0 Å². The minimum Gasteiger partial charge on any atom is -0.389 e. The van der Waals surface area contributed by atoms with Crippen molar-refractivity contribution in [2.45, 2.75) is 39.4 Å². The van der Waals surface area contributed by atoms with Crippen LogP contribution in [0.5, 0.6) is 0 Å². The molecule has 98 valence electrons. The molecule has 17 heavy (non-hydrogen) atoms. The summed E-state index contributed by atoms with van der Waals surface area (Å²) in [6.07, 6.45) is 4.55. The van der Waals surface area contributed by atoms with Gasteiger partial charge in [-0.25, -0.2) is 0 Å². The Labute approximate surface area is 104 Å². The van der Waals surface area contributed by atoms with Gasteiger partial charge in [0.15, 0.2) is 0 Å². The molecule has 0 aliphatic heterocycles. The minimum absolute atomic E-state index is 0.205. The quantitative estimate of drug-likeness (QED) is 0.729. The van der Waals surface area contributed by atoms with Crippen LogP contribution >= 0.6 is 0 Å². The Morgan fingerprint density at radius 1 is 1.24 bits per heavy atom. The molecule has 0 spiro atoms. The van der Waals surface area contributed by atoms with Crippen LogP contribution in [-0.4, -0.2) is 35.1 Å². The molecule has 2 N–H and O–H groups in total. The van der Waals surface area contributed by atoms with E-state index in [9.17, 15) is 5.11 Å². The van der Waals surface area contributed by atoms with E-state index in [1.165, 1.54) is 0 Å². The standard InChI is InChI=1S/C13H24N2O2/c1-11(2)8-12(3)17-10-13(16)9-14-15-6-4-5-7-15/h4-7,11-14,16H,8-10H2,1-3H3. The van der Waals surface area contributed by atoms with Crippen LogP contribution in [0.25, 0.3) is 0 Å². The van der Waals surface area contributed by atoms with Crippen molar-refractivity contribution in [3.05, 3.63) is 24.5 Å². The number of aliphatic hydroxyl groups is 1. The van der Waals surface area contributed by atoms with Crippen LogP contribution in [0.3, 0.4) is 0 Å². The van der Waals surface area contributed by atoms with E-state index in [0.717, 1.165) is 6.42 Å². The molecule has 0 fully saturated rings. The molecule has 2 unspecified atom stereocenters. The van der Waals surface area contributed by atoms with Crippen molar-refractivity contribution in [1.82, 2.24) is 4.68 Å². The minimum atomic E-state index is -0.480. The highest BCUT2D eigenvalue weighted by atomic mass is 16.5. The van der Waals surface area contributed by atoms with Crippen molar-refractivity contribution in [3.63, 3.8) is 0 Å². The van der Waals surface area contributed by atoms with Crippen molar-refractivity contribution >= 4 is 0 Å². The highest BCUT2D eigenvalue weighted by molar-refractivity contribution is 4.93. The van der Waals surface area contributed by atoms with Gasteiger partial charge in [0.1, 0.15) is 0 Å². The van der Waals surface area contributed by atoms with Gasteiger partial charge in [0.05, 0.1) is 25.4 Å². The second-order valence-corrected chi connectivity index (χ2v) is 4.88. The molecule has 1 heterocycles. The average molecular weight is 240 g/mol. The van der Waals surface area contributed by atoms with Crippen LogP contribution < -0.4 is 5.43 Å². The van der Waals surface area contributed by atoms with Crippen molar-refractivity contribution < 1.29 is 9.84 Å². The van der Waals surface area contributed by atoms with Crippen LogP contribution in [0.15, 0.2) is 24.5 Å². The first-order valence-electron chi connectivity index (χ1n) is 6.24. The molecule has 0 aliphatic carbocycles. The van der Waals surface area contributed by atoms with Gasteiger partial charge in [0.25, 0.3) is 0 Å². The molecular formula is C13H24N2O2. The van der Waals surface area contributed by atoms with E-state index in [0.29, 0.717) is 19.1 Å². The smallest absolute Gasteiger partial charge is 0.0961 e. The highest BCUT2D eigenvalue weighted by Gasteiger charge is 2.09. The van der Waals surface area contributed by atoms with Gasteiger partial charge in [0, 0.05) is 12.4 Å². The zero-order valence-corrected chi connectivity index (χ0v) is 11.0. The largest absolute Gasteiger partial charge is 0.389 e. The summed E-state index contributed by atoms with van der Waals surface area (Å²) in [4.78, 5) is 0. The molecule has 1 rings (SSSR count). The second-order valence-electron chi connectivity index (χ2n) is 4.88. The first-order valence-corrected chi connectivity index (χ1v) is 6.24. The first kappa shape index (κ1) is 14.1. The maximum atomic E-state index is 9.73. The Morgan fingerprint density at radius 3 is 2.47 bits per heavy atom. The summed E-state index contributed by atoms with van der Waals surface area (Å²) in [5, 5.41) is 9.73. The molecule has 1 aromatic rings. The maximum Gasteiger partial charge on any atom is 0.0961 e. The second kappa shape index (κ2) is 7.35. The summed E-state index contributed by atoms with van der Waals surface area (Å²) >= 11 is 0. The molecule has 4 heteroatoms. The molecule has 0 saturated carbocycles. The number of aromatic nitrogens is 1. The average Bonchev–Trinajstić information content (AvgIpc) is 2.75. The van der Waals surface area contributed by atoms with Gasteiger partial charge in [-0.2, -0.15) is 0 Å². The van der Waals surface area contributed by atoms with Crippen molar-refractivity contribution in [3.8, 4) is 0 Å². The number of nitrogens with zero attached hydrogens (tertiary/aromatic N) is 1. The number of nitrogens with one attached hydrogen (secondary N) is 1. The number of hydrogen-bond donors (Lipinski definition) is 2. The number of rotatable bonds is 8. The van der Waals surface area contributed by atoms with Crippen LogP contribution in [0, 0.1) is 5.92 Å². The lowest BCUT2D eigenvalue weighted by Crippen LogP contribution is -2.30. The molecule has 2 atom stereocenters. The molecular weight excluding hydrogens is 216 g/mol. The molecule has 0 aromatic carbocycles. The van der Waals surface area contributed by atoms with E-state index in [-0.39, 0.29) is 6.10 Å². The Morgan fingerprint density at radius 2 is 1.88 bits per heavy atom. The molecule has 1 aromatic heterocycles. The third kappa shape index (κ3) is 6.34. The Kier molecular flexibility index (Phi) is 6.08. The monoisotopic (exact) mass is 240 g/mol. The zero-order chi connectivity index (χ0) is 12.7. The topological polar surface area (TPSA) is 46.4 Å².